The molecule has 2 heterocycles. The van der Waals surface area contributed by atoms with Crippen LogP contribution in [0.5, 0.6) is 0 Å². The van der Waals surface area contributed by atoms with E-state index in [0.717, 1.165) is 5.56 Å². The predicted molar refractivity (Wildman–Crippen MR) is 78.3 cm³/mol. The van der Waals surface area contributed by atoms with Crippen molar-refractivity contribution in [3.63, 3.8) is 0 Å². The molecule has 0 saturated heterocycles. The molecule has 1 unspecified atom stereocenters. The highest BCUT2D eigenvalue weighted by atomic mass is 32.1. The topological polar surface area (TPSA) is 68.0 Å². The highest BCUT2D eigenvalue weighted by Gasteiger charge is 2.15. The van der Waals surface area contributed by atoms with Crippen LogP contribution < -0.4 is 11.1 Å². The monoisotopic (exact) mass is 275 g/mol. The van der Waals surface area contributed by atoms with E-state index < -0.39 is 0 Å². The van der Waals surface area contributed by atoms with Gasteiger partial charge in [-0.2, -0.15) is 0 Å². The van der Waals surface area contributed by atoms with Crippen LogP contribution in [0.2, 0.25) is 0 Å². The minimum Gasteiger partial charge on any atom is -0.384 e. The molecule has 0 radical (unpaired) electrons. The van der Waals surface area contributed by atoms with Crippen molar-refractivity contribution in [3.05, 3.63) is 45.3 Å². The molecule has 1 amide bonds. The van der Waals surface area contributed by atoms with Crippen molar-refractivity contribution in [3.8, 4) is 0 Å². The van der Waals surface area contributed by atoms with Crippen LogP contribution in [0.1, 0.15) is 38.6 Å². The number of aromatic nitrogens is 1. The van der Waals surface area contributed by atoms with Crippen LogP contribution in [-0.2, 0) is 0 Å². The lowest BCUT2D eigenvalue weighted by Crippen LogP contribution is -2.26. The predicted octanol–water partition coefficient (Wildman–Crippen LogP) is 2.83. The van der Waals surface area contributed by atoms with Gasteiger partial charge in [0, 0.05) is 21.5 Å². The second-order valence-electron chi connectivity index (χ2n) is 4.53. The fourth-order valence-corrected chi connectivity index (χ4v) is 3.05. The molecule has 0 saturated carbocycles. The van der Waals surface area contributed by atoms with Gasteiger partial charge in [-0.1, -0.05) is 0 Å². The number of pyridine rings is 1. The van der Waals surface area contributed by atoms with Gasteiger partial charge in [0.05, 0.1) is 6.04 Å². The number of carbonyl (C=O) groups is 1. The molecule has 0 aromatic carbocycles. The number of nitrogens with zero attached hydrogens (tertiary/aromatic N) is 1. The van der Waals surface area contributed by atoms with Crippen molar-refractivity contribution >= 4 is 23.1 Å². The van der Waals surface area contributed by atoms with E-state index in [2.05, 4.69) is 30.2 Å². The van der Waals surface area contributed by atoms with E-state index in [1.165, 1.54) is 16.0 Å². The Morgan fingerprint density at radius 3 is 2.74 bits per heavy atom. The van der Waals surface area contributed by atoms with E-state index in [1.54, 1.807) is 23.5 Å². The first-order valence-corrected chi connectivity index (χ1v) is 6.88. The average molecular weight is 275 g/mol. The number of hydrogen-bond acceptors (Lipinski definition) is 4. The summed E-state index contributed by atoms with van der Waals surface area (Å²) in [6.07, 6.45) is 1.54. The van der Waals surface area contributed by atoms with Crippen molar-refractivity contribution in [1.29, 1.82) is 0 Å². The third kappa shape index (κ3) is 3.12. The molecular formula is C14H17N3OS. The van der Waals surface area contributed by atoms with Crippen molar-refractivity contribution in [2.45, 2.75) is 26.8 Å². The van der Waals surface area contributed by atoms with Gasteiger partial charge in [-0.05, 0) is 44.5 Å². The van der Waals surface area contributed by atoms with E-state index in [0.29, 0.717) is 11.4 Å². The van der Waals surface area contributed by atoms with Crippen LogP contribution in [0.15, 0.2) is 24.4 Å². The first kappa shape index (κ1) is 13.5. The number of nitrogens with one attached hydrogen (secondary N) is 1. The Hall–Kier alpha value is -1.88. The van der Waals surface area contributed by atoms with Crippen molar-refractivity contribution in [2.24, 2.45) is 0 Å². The molecular weight excluding hydrogens is 258 g/mol. The molecule has 19 heavy (non-hydrogen) atoms. The summed E-state index contributed by atoms with van der Waals surface area (Å²) in [6.45, 7) is 6.12. The highest BCUT2D eigenvalue weighted by Crippen LogP contribution is 2.26. The van der Waals surface area contributed by atoms with Gasteiger partial charge in [-0.25, -0.2) is 4.98 Å². The van der Waals surface area contributed by atoms with Gasteiger partial charge < -0.3 is 11.1 Å². The number of nitrogens with two attached hydrogens (primary N) is 1. The zero-order valence-corrected chi connectivity index (χ0v) is 12.0. The van der Waals surface area contributed by atoms with Gasteiger partial charge in [0.25, 0.3) is 5.91 Å². The van der Waals surface area contributed by atoms with Crippen molar-refractivity contribution in [2.75, 3.05) is 5.73 Å². The van der Waals surface area contributed by atoms with Crippen LogP contribution in [0.25, 0.3) is 0 Å². The second-order valence-corrected chi connectivity index (χ2v) is 5.99. The maximum absolute atomic E-state index is 12.1. The second kappa shape index (κ2) is 5.40. The molecule has 0 aliphatic rings. The number of rotatable bonds is 3. The summed E-state index contributed by atoms with van der Waals surface area (Å²) in [7, 11) is 0. The summed E-state index contributed by atoms with van der Waals surface area (Å²) in [6, 6.07) is 5.33. The lowest BCUT2D eigenvalue weighted by molar-refractivity contribution is 0.0940. The SMILES string of the molecule is Cc1cc(C(C)NC(=O)c2ccnc(N)c2)c(C)s1. The molecule has 0 fully saturated rings. The Kier molecular flexibility index (Phi) is 3.85. The van der Waals surface area contributed by atoms with Gasteiger partial charge in [-0.3, -0.25) is 4.79 Å². The molecule has 0 aliphatic heterocycles. The van der Waals surface area contributed by atoms with E-state index in [1.807, 2.05) is 6.92 Å². The molecule has 2 aromatic rings. The Balaban J connectivity index is 2.13. The standard InChI is InChI=1S/C14H17N3OS/c1-8-6-12(10(3)19-8)9(2)17-14(18)11-4-5-16-13(15)7-11/h4-7,9H,1-3H3,(H2,15,16)(H,17,18). The Morgan fingerprint density at radius 1 is 1.42 bits per heavy atom. The minimum atomic E-state index is -0.134. The lowest BCUT2D eigenvalue weighted by Gasteiger charge is -2.14. The Bertz CT molecular complexity index is 606. The molecule has 2 aromatic heterocycles. The van der Waals surface area contributed by atoms with E-state index in [4.69, 9.17) is 5.73 Å². The summed E-state index contributed by atoms with van der Waals surface area (Å²) >= 11 is 1.74. The summed E-state index contributed by atoms with van der Waals surface area (Å²) in [5.74, 6) is 0.215. The molecule has 100 valence electrons. The Labute approximate surface area is 116 Å². The molecule has 3 N–H and O–H groups in total. The number of aryl methyl sites for hydroxylation is 2. The molecule has 1 atom stereocenters. The number of thiophene rings is 1. The van der Waals surface area contributed by atoms with Crippen LogP contribution >= 0.6 is 11.3 Å². The number of amides is 1. The molecule has 2 rings (SSSR count). The third-order valence-corrected chi connectivity index (χ3v) is 3.92. The van der Waals surface area contributed by atoms with Crippen molar-refractivity contribution < 1.29 is 4.79 Å². The normalized spacial score (nSPS) is 12.2. The summed E-state index contributed by atoms with van der Waals surface area (Å²) < 4.78 is 0. The third-order valence-electron chi connectivity index (χ3n) is 2.94. The lowest BCUT2D eigenvalue weighted by atomic mass is 10.1. The molecule has 0 bridgehead atoms. The number of nitrogen functional groups attached to an aromatic ring is 1. The maximum atomic E-state index is 12.1. The quantitative estimate of drug-likeness (QED) is 0.905. The van der Waals surface area contributed by atoms with Gasteiger partial charge in [0.15, 0.2) is 0 Å². The molecule has 4 nitrogen and oxygen atoms in total. The summed E-state index contributed by atoms with van der Waals surface area (Å²) in [5.41, 5.74) is 7.27. The molecule has 5 heteroatoms. The van der Waals surface area contributed by atoms with Gasteiger partial charge in [-0.15, -0.1) is 11.3 Å². The van der Waals surface area contributed by atoms with Crippen LogP contribution in [0.4, 0.5) is 5.82 Å². The van der Waals surface area contributed by atoms with E-state index in [9.17, 15) is 4.79 Å². The van der Waals surface area contributed by atoms with Gasteiger partial charge >= 0.3 is 0 Å². The van der Waals surface area contributed by atoms with Crippen LogP contribution in [0.3, 0.4) is 0 Å². The van der Waals surface area contributed by atoms with E-state index in [-0.39, 0.29) is 11.9 Å². The van der Waals surface area contributed by atoms with Gasteiger partial charge in [0.1, 0.15) is 5.82 Å². The number of hydrogen-bond donors (Lipinski definition) is 2. The zero-order valence-electron chi connectivity index (χ0n) is 11.2. The fourth-order valence-electron chi connectivity index (χ4n) is 2.03. The fraction of sp³-hybridized carbons (Fsp3) is 0.286. The van der Waals surface area contributed by atoms with Crippen molar-refractivity contribution in [1.82, 2.24) is 10.3 Å². The largest absolute Gasteiger partial charge is 0.384 e. The molecule has 0 aliphatic carbocycles. The van der Waals surface area contributed by atoms with Crippen LogP contribution in [-0.4, -0.2) is 10.9 Å². The Morgan fingerprint density at radius 2 is 2.16 bits per heavy atom. The molecule has 0 spiro atoms. The maximum Gasteiger partial charge on any atom is 0.251 e. The number of carbonyl (C=O) groups excluding carboxylic acids is 1. The first-order valence-electron chi connectivity index (χ1n) is 6.06. The summed E-state index contributed by atoms with van der Waals surface area (Å²) in [4.78, 5) is 18.5. The number of anilines is 1. The average Bonchev–Trinajstić information content (AvgIpc) is 2.68. The summed E-state index contributed by atoms with van der Waals surface area (Å²) in [5, 5.41) is 2.98. The van der Waals surface area contributed by atoms with E-state index >= 15 is 0 Å². The highest BCUT2D eigenvalue weighted by molar-refractivity contribution is 7.12. The van der Waals surface area contributed by atoms with Crippen LogP contribution in [0, 0.1) is 13.8 Å². The first-order chi connectivity index (χ1) is 8.97. The zero-order chi connectivity index (χ0) is 14.0. The minimum absolute atomic E-state index is 0.0214. The smallest absolute Gasteiger partial charge is 0.251 e. The van der Waals surface area contributed by atoms with Gasteiger partial charge in [0.2, 0.25) is 0 Å².